The van der Waals surface area contributed by atoms with Crippen molar-refractivity contribution in [3.63, 3.8) is 0 Å². The van der Waals surface area contributed by atoms with Crippen LogP contribution in [0.4, 0.5) is 0 Å². The highest BCUT2D eigenvalue weighted by molar-refractivity contribution is 5.89. The van der Waals surface area contributed by atoms with Crippen LogP contribution in [0.25, 0.3) is 11.0 Å². The highest BCUT2D eigenvalue weighted by atomic mass is 16.5. The van der Waals surface area contributed by atoms with Gasteiger partial charge < -0.3 is 18.6 Å². The van der Waals surface area contributed by atoms with Crippen molar-refractivity contribution in [1.82, 2.24) is 0 Å². The molecule has 5 heteroatoms. The summed E-state index contributed by atoms with van der Waals surface area (Å²) in [5.41, 5.74) is 2.33. The minimum absolute atomic E-state index is 0.0612. The van der Waals surface area contributed by atoms with Gasteiger partial charge in [0, 0.05) is 0 Å². The Hall–Kier alpha value is -2.95. The van der Waals surface area contributed by atoms with E-state index in [1.165, 1.54) is 18.3 Å². The maximum Gasteiger partial charge on any atom is 0.383 e. The number of hydrogen-bond donors (Lipinski definition) is 0. The fourth-order valence-electron chi connectivity index (χ4n) is 3.07. The van der Waals surface area contributed by atoms with E-state index in [0.717, 1.165) is 25.7 Å². The van der Waals surface area contributed by atoms with Crippen molar-refractivity contribution < 1.29 is 18.6 Å². The van der Waals surface area contributed by atoms with Gasteiger partial charge in [0.1, 0.15) is 6.61 Å². The van der Waals surface area contributed by atoms with Gasteiger partial charge >= 0.3 is 5.63 Å². The standard InChI is InChI=1S/C26H34O5/c1-6-7-8-9-17-29-22-15-11-14-21-23(22)31-26(27)25(28-5)24(21)30-18-16-20(4)13-10-12-19(2)3/h7-8,11-12,14-16H,6,9-10,13,17-18H2,1-5H3. The zero-order valence-corrected chi connectivity index (χ0v) is 19.3. The Balaban J connectivity index is 2.24. The Bertz CT molecular complexity index is 991. The van der Waals surface area contributed by atoms with Crippen LogP contribution in [-0.2, 0) is 0 Å². The summed E-state index contributed by atoms with van der Waals surface area (Å²) < 4.78 is 22.6. The van der Waals surface area contributed by atoms with Crippen molar-refractivity contribution in [1.29, 1.82) is 0 Å². The number of fused-ring (bicyclic) bond motifs is 1. The van der Waals surface area contributed by atoms with E-state index >= 15 is 0 Å². The lowest BCUT2D eigenvalue weighted by molar-refractivity contribution is 0.307. The van der Waals surface area contributed by atoms with E-state index in [1.807, 2.05) is 18.2 Å². The zero-order valence-electron chi connectivity index (χ0n) is 19.3. The molecule has 0 saturated carbocycles. The second-order valence-electron chi connectivity index (χ2n) is 7.58. The van der Waals surface area contributed by atoms with Crippen LogP contribution < -0.4 is 19.8 Å². The molecule has 0 amide bonds. The van der Waals surface area contributed by atoms with Gasteiger partial charge in [-0.3, -0.25) is 0 Å². The summed E-state index contributed by atoms with van der Waals surface area (Å²) in [4.78, 5) is 12.5. The Morgan fingerprint density at radius 2 is 1.84 bits per heavy atom. The van der Waals surface area contributed by atoms with Crippen LogP contribution in [0.1, 0.15) is 53.4 Å². The monoisotopic (exact) mass is 426 g/mol. The summed E-state index contributed by atoms with van der Waals surface area (Å²) >= 11 is 0. The molecule has 0 radical (unpaired) electrons. The molecule has 0 fully saturated rings. The summed E-state index contributed by atoms with van der Waals surface area (Å²) in [5.74, 6) is 0.949. The van der Waals surface area contributed by atoms with Crippen LogP contribution >= 0.6 is 0 Å². The third-order valence-electron chi connectivity index (χ3n) is 4.71. The Morgan fingerprint density at radius 3 is 2.55 bits per heavy atom. The van der Waals surface area contributed by atoms with Crippen molar-refractivity contribution in [2.45, 2.75) is 53.4 Å². The van der Waals surface area contributed by atoms with E-state index in [4.69, 9.17) is 18.6 Å². The first kappa shape index (κ1) is 24.3. The molecule has 168 valence electrons. The van der Waals surface area contributed by atoms with Crippen LogP contribution in [0.15, 0.2) is 62.9 Å². The molecule has 1 aromatic heterocycles. The van der Waals surface area contributed by atoms with Crippen molar-refractivity contribution in [3.8, 4) is 17.2 Å². The fourth-order valence-corrected chi connectivity index (χ4v) is 3.07. The number of ether oxygens (including phenoxy) is 3. The van der Waals surface area contributed by atoms with Crippen LogP contribution in [-0.4, -0.2) is 20.3 Å². The predicted molar refractivity (Wildman–Crippen MR) is 126 cm³/mol. The van der Waals surface area contributed by atoms with Gasteiger partial charge in [-0.05, 0) is 64.7 Å². The lowest BCUT2D eigenvalue weighted by Crippen LogP contribution is -2.09. The fraction of sp³-hybridized carbons (Fsp3) is 0.423. The molecule has 1 heterocycles. The summed E-state index contributed by atoms with van der Waals surface area (Å²) in [6.45, 7) is 9.19. The number of allylic oxidation sites excluding steroid dienone is 4. The molecule has 0 bridgehead atoms. The summed E-state index contributed by atoms with van der Waals surface area (Å²) in [6.07, 6.45) is 12.2. The topological polar surface area (TPSA) is 57.9 Å². The van der Waals surface area contributed by atoms with Gasteiger partial charge in [0.2, 0.25) is 5.75 Å². The van der Waals surface area contributed by atoms with E-state index in [2.05, 4.69) is 45.9 Å². The molecule has 0 saturated heterocycles. The number of benzene rings is 1. The highest BCUT2D eigenvalue weighted by Crippen LogP contribution is 2.36. The average molecular weight is 427 g/mol. The third kappa shape index (κ3) is 7.35. The molecule has 5 nitrogen and oxygen atoms in total. The van der Waals surface area contributed by atoms with E-state index in [1.54, 1.807) is 6.07 Å². The maximum atomic E-state index is 12.5. The maximum absolute atomic E-state index is 12.5. The van der Waals surface area contributed by atoms with Crippen molar-refractivity contribution in [2.24, 2.45) is 0 Å². The zero-order chi connectivity index (χ0) is 22.6. The smallest absolute Gasteiger partial charge is 0.383 e. The van der Waals surface area contributed by atoms with Crippen LogP contribution in [0.2, 0.25) is 0 Å². The second-order valence-corrected chi connectivity index (χ2v) is 7.58. The van der Waals surface area contributed by atoms with E-state index in [0.29, 0.717) is 35.7 Å². The number of methoxy groups -OCH3 is 1. The second kappa shape index (κ2) is 12.7. The number of para-hydroxylation sites is 1. The molecular weight excluding hydrogens is 392 g/mol. The van der Waals surface area contributed by atoms with Crippen molar-refractivity contribution >= 4 is 11.0 Å². The molecule has 0 aliphatic carbocycles. The largest absolute Gasteiger partial charge is 0.489 e. The minimum Gasteiger partial charge on any atom is -0.489 e. The van der Waals surface area contributed by atoms with Gasteiger partial charge in [-0.2, -0.15) is 0 Å². The van der Waals surface area contributed by atoms with Gasteiger partial charge in [-0.15, -0.1) is 0 Å². The van der Waals surface area contributed by atoms with Gasteiger partial charge in [0.25, 0.3) is 0 Å². The Labute approximate surface area is 185 Å². The first-order chi connectivity index (χ1) is 15.0. The first-order valence-electron chi connectivity index (χ1n) is 10.8. The van der Waals surface area contributed by atoms with Crippen molar-refractivity contribution in [2.75, 3.05) is 20.3 Å². The highest BCUT2D eigenvalue weighted by Gasteiger charge is 2.19. The van der Waals surface area contributed by atoms with E-state index in [9.17, 15) is 4.79 Å². The third-order valence-corrected chi connectivity index (χ3v) is 4.71. The molecule has 0 aliphatic heterocycles. The Kier molecular flexibility index (Phi) is 9.95. The van der Waals surface area contributed by atoms with Crippen LogP contribution in [0.5, 0.6) is 17.2 Å². The minimum atomic E-state index is -0.587. The van der Waals surface area contributed by atoms with E-state index in [-0.39, 0.29) is 5.75 Å². The predicted octanol–water partition coefficient (Wildman–Crippen LogP) is 6.61. The Morgan fingerprint density at radius 1 is 1.03 bits per heavy atom. The molecule has 31 heavy (non-hydrogen) atoms. The quantitative estimate of drug-likeness (QED) is 0.217. The van der Waals surface area contributed by atoms with Gasteiger partial charge in [0.15, 0.2) is 17.1 Å². The lowest BCUT2D eigenvalue weighted by Gasteiger charge is -2.13. The molecule has 0 unspecified atom stereocenters. The molecule has 0 atom stereocenters. The average Bonchev–Trinajstić information content (AvgIpc) is 2.73. The molecule has 0 spiro atoms. The molecule has 0 N–H and O–H groups in total. The number of hydrogen-bond acceptors (Lipinski definition) is 5. The van der Waals surface area contributed by atoms with Gasteiger partial charge in [0.05, 0.1) is 19.1 Å². The summed E-state index contributed by atoms with van der Waals surface area (Å²) in [5, 5.41) is 0.647. The summed E-state index contributed by atoms with van der Waals surface area (Å²) in [6, 6.07) is 5.48. The molecular formula is C26H34O5. The van der Waals surface area contributed by atoms with Crippen LogP contribution in [0.3, 0.4) is 0 Å². The summed E-state index contributed by atoms with van der Waals surface area (Å²) in [7, 11) is 1.44. The van der Waals surface area contributed by atoms with Crippen molar-refractivity contribution in [3.05, 3.63) is 64.1 Å². The normalized spacial score (nSPS) is 11.7. The van der Waals surface area contributed by atoms with Gasteiger partial charge in [-0.1, -0.05) is 42.4 Å². The van der Waals surface area contributed by atoms with Gasteiger partial charge in [-0.25, -0.2) is 4.79 Å². The molecule has 2 rings (SSSR count). The SMILES string of the molecule is CCC=CCCOc1cccc2c(OCC=C(C)CCC=C(C)C)c(OC)c(=O)oc12. The van der Waals surface area contributed by atoms with Crippen LogP contribution in [0, 0.1) is 0 Å². The molecule has 0 aliphatic rings. The molecule has 1 aromatic carbocycles. The number of rotatable bonds is 12. The lowest BCUT2D eigenvalue weighted by atomic mass is 10.1. The first-order valence-corrected chi connectivity index (χ1v) is 10.8. The molecule has 2 aromatic rings. The van der Waals surface area contributed by atoms with E-state index < -0.39 is 5.63 Å².